The van der Waals surface area contributed by atoms with Crippen LogP contribution in [0.4, 0.5) is 0 Å². The molecular weight excluding hydrogens is 248 g/mol. The number of hydrogen-bond acceptors (Lipinski definition) is 3. The Hall–Kier alpha value is -0.900. The van der Waals surface area contributed by atoms with Crippen LogP contribution in [0.25, 0.3) is 0 Å². The summed E-state index contributed by atoms with van der Waals surface area (Å²) in [5.41, 5.74) is 0. The summed E-state index contributed by atoms with van der Waals surface area (Å²) in [5.74, 6) is 2.51. The summed E-state index contributed by atoms with van der Waals surface area (Å²) in [5, 5.41) is 7.76. The topological polar surface area (TPSA) is 42.7 Å². The Bertz CT molecular complexity index is 344. The van der Waals surface area contributed by atoms with Crippen LogP contribution in [0.3, 0.4) is 0 Å². The molecule has 1 aromatic rings. The van der Waals surface area contributed by atoms with Crippen LogP contribution in [0.15, 0.2) is 6.33 Å². The van der Waals surface area contributed by atoms with E-state index in [1.165, 1.54) is 32.1 Å². The van der Waals surface area contributed by atoms with Crippen LogP contribution in [0, 0.1) is 11.8 Å². The smallest absolute Gasteiger partial charge is 0.140 e. The molecule has 116 valence electrons. The van der Waals surface area contributed by atoms with E-state index in [1.807, 2.05) is 4.68 Å². The van der Waals surface area contributed by atoms with E-state index < -0.39 is 0 Å². The van der Waals surface area contributed by atoms with Gasteiger partial charge >= 0.3 is 0 Å². The van der Waals surface area contributed by atoms with Crippen LogP contribution in [0.1, 0.15) is 65.6 Å². The van der Waals surface area contributed by atoms with Crippen molar-refractivity contribution in [2.75, 3.05) is 6.54 Å². The molecule has 0 saturated heterocycles. The third-order valence-corrected chi connectivity index (χ3v) is 3.40. The average Bonchev–Trinajstić information content (AvgIpc) is 2.79. The van der Waals surface area contributed by atoms with Crippen molar-refractivity contribution in [1.82, 2.24) is 20.1 Å². The Labute approximate surface area is 124 Å². The molecule has 0 aromatic carbocycles. The molecule has 4 nitrogen and oxygen atoms in total. The molecule has 0 saturated carbocycles. The fourth-order valence-electron chi connectivity index (χ4n) is 2.28. The van der Waals surface area contributed by atoms with Gasteiger partial charge in [0.2, 0.25) is 0 Å². The third kappa shape index (κ3) is 7.63. The standard InChI is InChI=1S/C16H32N4/c1-14(2)9-7-5-6-8-10-17-11-16-18-13-19-20(16)12-15(3)4/h13-15,17H,5-12H2,1-4H3. The molecule has 4 heteroatoms. The second-order valence-electron chi connectivity index (χ2n) is 6.53. The Kier molecular flexibility index (Phi) is 8.51. The Morgan fingerprint density at radius 3 is 2.50 bits per heavy atom. The molecule has 1 N–H and O–H groups in total. The van der Waals surface area contributed by atoms with Gasteiger partial charge in [0.15, 0.2) is 0 Å². The van der Waals surface area contributed by atoms with Gasteiger partial charge < -0.3 is 5.32 Å². The summed E-state index contributed by atoms with van der Waals surface area (Å²) in [6, 6.07) is 0. The van der Waals surface area contributed by atoms with E-state index in [-0.39, 0.29) is 0 Å². The van der Waals surface area contributed by atoms with Gasteiger partial charge in [0.05, 0.1) is 6.54 Å². The van der Waals surface area contributed by atoms with Gasteiger partial charge in [-0.15, -0.1) is 0 Å². The zero-order chi connectivity index (χ0) is 14.8. The van der Waals surface area contributed by atoms with Gasteiger partial charge in [-0.1, -0.05) is 53.4 Å². The molecule has 20 heavy (non-hydrogen) atoms. The van der Waals surface area contributed by atoms with Crippen molar-refractivity contribution in [3.8, 4) is 0 Å². The van der Waals surface area contributed by atoms with Crippen LogP contribution in [0.5, 0.6) is 0 Å². The van der Waals surface area contributed by atoms with Crippen LogP contribution in [-0.2, 0) is 13.1 Å². The van der Waals surface area contributed by atoms with Gasteiger partial charge in [-0.3, -0.25) is 0 Å². The van der Waals surface area contributed by atoms with E-state index in [0.717, 1.165) is 31.4 Å². The Morgan fingerprint density at radius 1 is 1.05 bits per heavy atom. The van der Waals surface area contributed by atoms with Gasteiger partial charge in [-0.05, 0) is 24.8 Å². The van der Waals surface area contributed by atoms with Gasteiger partial charge in [0.1, 0.15) is 12.2 Å². The van der Waals surface area contributed by atoms with E-state index in [2.05, 4.69) is 43.1 Å². The first kappa shape index (κ1) is 17.2. The molecule has 0 aliphatic heterocycles. The zero-order valence-electron chi connectivity index (χ0n) is 13.7. The van der Waals surface area contributed by atoms with Crippen LogP contribution in [0.2, 0.25) is 0 Å². The summed E-state index contributed by atoms with van der Waals surface area (Å²) in [4.78, 5) is 4.33. The maximum absolute atomic E-state index is 4.33. The second-order valence-corrected chi connectivity index (χ2v) is 6.53. The predicted octanol–water partition coefficient (Wildman–Crippen LogP) is 3.63. The molecule has 1 heterocycles. The Morgan fingerprint density at radius 2 is 1.80 bits per heavy atom. The highest BCUT2D eigenvalue weighted by molar-refractivity contribution is 4.83. The fraction of sp³-hybridized carbons (Fsp3) is 0.875. The summed E-state index contributed by atoms with van der Waals surface area (Å²) in [6.45, 7) is 11.9. The van der Waals surface area contributed by atoms with E-state index >= 15 is 0 Å². The highest BCUT2D eigenvalue weighted by Gasteiger charge is 2.05. The van der Waals surface area contributed by atoms with Crippen molar-refractivity contribution < 1.29 is 0 Å². The highest BCUT2D eigenvalue weighted by Crippen LogP contribution is 2.09. The van der Waals surface area contributed by atoms with Crippen LogP contribution in [-0.4, -0.2) is 21.3 Å². The minimum Gasteiger partial charge on any atom is -0.310 e. The normalized spacial score (nSPS) is 11.7. The molecule has 0 fully saturated rings. The number of hydrogen-bond donors (Lipinski definition) is 1. The molecule has 0 aliphatic rings. The average molecular weight is 280 g/mol. The number of unbranched alkanes of at least 4 members (excludes halogenated alkanes) is 3. The van der Waals surface area contributed by atoms with Gasteiger partial charge in [-0.25, -0.2) is 9.67 Å². The Balaban J connectivity index is 2.05. The minimum absolute atomic E-state index is 0.608. The first-order valence-electron chi connectivity index (χ1n) is 8.17. The monoisotopic (exact) mass is 280 g/mol. The van der Waals surface area contributed by atoms with Gasteiger partial charge in [-0.2, -0.15) is 5.10 Å². The van der Waals surface area contributed by atoms with Gasteiger partial charge in [0, 0.05) is 6.54 Å². The summed E-state index contributed by atoms with van der Waals surface area (Å²) >= 11 is 0. The maximum Gasteiger partial charge on any atom is 0.140 e. The first-order chi connectivity index (χ1) is 9.59. The molecular formula is C16H32N4. The predicted molar refractivity (Wildman–Crippen MR) is 84.5 cm³/mol. The van der Waals surface area contributed by atoms with E-state index in [1.54, 1.807) is 6.33 Å². The molecule has 0 amide bonds. The highest BCUT2D eigenvalue weighted by atomic mass is 15.3. The number of nitrogens with one attached hydrogen (secondary N) is 1. The fourth-order valence-corrected chi connectivity index (χ4v) is 2.28. The summed E-state index contributed by atoms with van der Waals surface area (Å²) in [6.07, 6.45) is 8.36. The van der Waals surface area contributed by atoms with Crippen molar-refractivity contribution in [1.29, 1.82) is 0 Å². The number of aromatic nitrogens is 3. The molecule has 0 radical (unpaired) electrons. The van der Waals surface area contributed by atoms with Crippen molar-refractivity contribution in [3.05, 3.63) is 12.2 Å². The van der Waals surface area contributed by atoms with Crippen molar-refractivity contribution in [2.45, 2.75) is 72.9 Å². The molecule has 0 spiro atoms. The lowest BCUT2D eigenvalue weighted by atomic mass is 10.0. The zero-order valence-corrected chi connectivity index (χ0v) is 13.7. The van der Waals surface area contributed by atoms with E-state index in [9.17, 15) is 0 Å². The van der Waals surface area contributed by atoms with E-state index in [4.69, 9.17) is 0 Å². The lowest BCUT2D eigenvalue weighted by Crippen LogP contribution is -2.20. The van der Waals surface area contributed by atoms with Crippen LogP contribution >= 0.6 is 0 Å². The molecule has 1 aromatic heterocycles. The first-order valence-corrected chi connectivity index (χ1v) is 8.17. The minimum atomic E-state index is 0.608. The summed E-state index contributed by atoms with van der Waals surface area (Å²) in [7, 11) is 0. The lowest BCUT2D eigenvalue weighted by molar-refractivity contribution is 0.455. The summed E-state index contributed by atoms with van der Waals surface area (Å²) < 4.78 is 2.01. The molecule has 0 bridgehead atoms. The molecule has 0 unspecified atom stereocenters. The van der Waals surface area contributed by atoms with Crippen molar-refractivity contribution in [3.63, 3.8) is 0 Å². The maximum atomic E-state index is 4.33. The largest absolute Gasteiger partial charge is 0.310 e. The van der Waals surface area contributed by atoms with Crippen LogP contribution < -0.4 is 5.32 Å². The van der Waals surface area contributed by atoms with Gasteiger partial charge in [0.25, 0.3) is 0 Å². The van der Waals surface area contributed by atoms with E-state index in [0.29, 0.717) is 5.92 Å². The third-order valence-electron chi connectivity index (χ3n) is 3.40. The SMILES string of the molecule is CC(C)CCCCCCNCc1ncnn1CC(C)C. The lowest BCUT2D eigenvalue weighted by Gasteiger charge is -2.09. The van der Waals surface area contributed by atoms with Crippen molar-refractivity contribution in [2.24, 2.45) is 11.8 Å². The number of nitrogens with zero attached hydrogens (tertiary/aromatic N) is 3. The molecule has 0 atom stereocenters. The number of rotatable bonds is 11. The molecule has 1 rings (SSSR count). The quantitative estimate of drug-likeness (QED) is 0.629. The van der Waals surface area contributed by atoms with Crippen molar-refractivity contribution >= 4 is 0 Å². The second kappa shape index (κ2) is 9.92. The molecule has 0 aliphatic carbocycles.